The predicted molar refractivity (Wildman–Crippen MR) is 84.5 cm³/mol. The second kappa shape index (κ2) is 5.89. The van der Waals surface area contributed by atoms with Crippen LogP contribution >= 0.6 is 0 Å². The summed E-state index contributed by atoms with van der Waals surface area (Å²) in [7, 11) is 1.66. The van der Waals surface area contributed by atoms with Gasteiger partial charge in [-0.1, -0.05) is 30.3 Å². The van der Waals surface area contributed by atoms with Crippen molar-refractivity contribution in [2.75, 3.05) is 13.7 Å². The Balaban J connectivity index is 1.62. The van der Waals surface area contributed by atoms with Crippen LogP contribution < -0.4 is 9.47 Å². The number of benzene rings is 2. The Kier molecular flexibility index (Phi) is 3.59. The van der Waals surface area contributed by atoms with E-state index in [-0.39, 0.29) is 0 Å². The highest BCUT2D eigenvalue weighted by molar-refractivity contribution is 5.90. The third-order valence-electron chi connectivity index (χ3n) is 4.00. The summed E-state index contributed by atoms with van der Waals surface area (Å²) in [5.41, 5.74) is 0. The quantitative estimate of drug-likeness (QED) is 0.741. The van der Waals surface area contributed by atoms with E-state index in [4.69, 9.17) is 14.2 Å². The number of nitrogens with zero attached hydrogens (tertiary/aromatic N) is 3. The van der Waals surface area contributed by atoms with Gasteiger partial charge in [0.25, 0.3) is 0 Å². The molecule has 1 aliphatic heterocycles. The second-order valence-corrected chi connectivity index (χ2v) is 5.34. The van der Waals surface area contributed by atoms with E-state index >= 15 is 0 Å². The van der Waals surface area contributed by atoms with Gasteiger partial charge in [-0.2, -0.15) is 0 Å². The Morgan fingerprint density at radius 3 is 3.00 bits per heavy atom. The Morgan fingerprint density at radius 1 is 1.17 bits per heavy atom. The maximum absolute atomic E-state index is 5.96. The van der Waals surface area contributed by atoms with E-state index in [2.05, 4.69) is 20.8 Å². The molecule has 0 bridgehead atoms. The number of fused-ring (bicyclic) bond motifs is 2. The molecule has 2 heterocycles. The zero-order chi connectivity index (χ0) is 15.6. The summed E-state index contributed by atoms with van der Waals surface area (Å²) >= 11 is 0. The number of rotatable bonds is 4. The highest BCUT2D eigenvalue weighted by Gasteiger charge is 2.17. The molecule has 0 fully saturated rings. The molecule has 0 aliphatic carbocycles. The smallest absolute Gasteiger partial charge is 0.171 e. The fourth-order valence-electron chi connectivity index (χ4n) is 2.85. The van der Waals surface area contributed by atoms with Crippen molar-refractivity contribution in [2.24, 2.45) is 0 Å². The van der Waals surface area contributed by atoms with Crippen molar-refractivity contribution in [2.45, 2.75) is 19.8 Å². The van der Waals surface area contributed by atoms with E-state index in [0.717, 1.165) is 34.7 Å². The van der Waals surface area contributed by atoms with Gasteiger partial charge in [0.05, 0.1) is 13.7 Å². The number of aromatic nitrogens is 3. The maximum Gasteiger partial charge on any atom is 0.171 e. The minimum atomic E-state index is 0.349. The lowest BCUT2D eigenvalue weighted by atomic mass is 10.1. The third-order valence-corrected chi connectivity index (χ3v) is 4.00. The molecule has 0 saturated heterocycles. The predicted octanol–water partition coefficient (Wildman–Crippen LogP) is 2.55. The fraction of sp³-hybridized carbons (Fsp3) is 0.294. The van der Waals surface area contributed by atoms with Gasteiger partial charge in [-0.3, -0.25) is 0 Å². The normalized spacial score (nSPS) is 13.8. The lowest BCUT2D eigenvalue weighted by molar-refractivity contribution is 0.0794. The van der Waals surface area contributed by atoms with E-state index in [1.807, 2.05) is 30.3 Å². The van der Waals surface area contributed by atoms with Crippen molar-refractivity contribution < 1.29 is 14.2 Å². The molecule has 1 aliphatic rings. The summed E-state index contributed by atoms with van der Waals surface area (Å²) in [6, 6.07) is 12.0. The Hall–Kier alpha value is -2.60. The van der Waals surface area contributed by atoms with Gasteiger partial charge in [0.1, 0.15) is 13.2 Å². The summed E-state index contributed by atoms with van der Waals surface area (Å²) in [4.78, 5) is 0. The van der Waals surface area contributed by atoms with E-state index in [9.17, 15) is 0 Å². The molecule has 0 spiro atoms. The maximum atomic E-state index is 5.96. The van der Waals surface area contributed by atoms with Crippen LogP contribution in [0.4, 0.5) is 0 Å². The first-order valence-corrected chi connectivity index (χ1v) is 7.54. The van der Waals surface area contributed by atoms with Crippen molar-refractivity contribution in [3.05, 3.63) is 48.0 Å². The second-order valence-electron chi connectivity index (χ2n) is 5.34. The largest absolute Gasteiger partial charge is 0.492 e. The van der Waals surface area contributed by atoms with Crippen LogP contribution in [0.1, 0.15) is 11.6 Å². The molecule has 1 aromatic heterocycles. The topological polar surface area (TPSA) is 58.4 Å². The summed E-state index contributed by atoms with van der Waals surface area (Å²) in [6.45, 7) is 2.29. The molecule has 0 amide bonds. The zero-order valence-electron chi connectivity index (χ0n) is 12.9. The number of hydrogen-bond donors (Lipinski definition) is 0. The molecule has 23 heavy (non-hydrogen) atoms. The molecule has 6 heteroatoms. The summed E-state index contributed by atoms with van der Waals surface area (Å²) in [5.74, 6) is 3.10. The first kappa shape index (κ1) is 14.0. The van der Waals surface area contributed by atoms with Gasteiger partial charge in [0.2, 0.25) is 0 Å². The molecule has 0 atom stereocenters. The molecule has 6 nitrogen and oxygen atoms in total. The molecule has 4 rings (SSSR count). The first-order chi connectivity index (χ1) is 11.4. The van der Waals surface area contributed by atoms with E-state index in [1.54, 1.807) is 7.11 Å². The Bertz CT molecular complexity index is 844. The number of hydrogen-bond acceptors (Lipinski definition) is 5. The molecule has 0 unspecified atom stereocenters. The van der Waals surface area contributed by atoms with Crippen LogP contribution in [0.5, 0.6) is 11.5 Å². The van der Waals surface area contributed by atoms with Crippen LogP contribution in [0.15, 0.2) is 36.4 Å². The third kappa shape index (κ3) is 2.51. The van der Waals surface area contributed by atoms with E-state index in [1.165, 1.54) is 0 Å². The van der Waals surface area contributed by atoms with Gasteiger partial charge in [-0.25, -0.2) is 0 Å². The molecule has 2 aromatic carbocycles. The fourth-order valence-corrected chi connectivity index (χ4v) is 2.85. The van der Waals surface area contributed by atoms with Crippen LogP contribution in [0.25, 0.3) is 10.8 Å². The summed E-state index contributed by atoms with van der Waals surface area (Å²) in [5, 5.41) is 10.5. The van der Waals surface area contributed by atoms with Crippen molar-refractivity contribution in [1.29, 1.82) is 0 Å². The van der Waals surface area contributed by atoms with Crippen LogP contribution in [-0.2, 0) is 24.5 Å². The SMILES string of the molecule is COc1c(OCc2nnc3n2CCOC3)ccc2ccccc12. The average molecular weight is 311 g/mol. The molecule has 0 radical (unpaired) electrons. The lowest BCUT2D eigenvalue weighted by Crippen LogP contribution is -2.19. The summed E-state index contributed by atoms with van der Waals surface area (Å²) in [6.07, 6.45) is 0. The highest BCUT2D eigenvalue weighted by Crippen LogP contribution is 2.35. The molecular weight excluding hydrogens is 294 g/mol. The van der Waals surface area contributed by atoms with Gasteiger partial charge in [-0.15, -0.1) is 10.2 Å². The molecule has 3 aromatic rings. The van der Waals surface area contributed by atoms with Gasteiger partial charge in [0.15, 0.2) is 23.1 Å². The van der Waals surface area contributed by atoms with E-state index < -0.39 is 0 Å². The van der Waals surface area contributed by atoms with Crippen LogP contribution in [-0.4, -0.2) is 28.5 Å². The van der Waals surface area contributed by atoms with Gasteiger partial charge in [0, 0.05) is 11.9 Å². The number of ether oxygens (including phenoxy) is 3. The van der Waals surface area contributed by atoms with Crippen molar-refractivity contribution in [3.63, 3.8) is 0 Å². The molecular formula is C17H17N3O3. The van der Waals surface area contributed by atoms with E-state index in [0.29, 0.717) is 25.6 Å². The zero-order valence-corrected chi connectivity index (χ0v) is 12.9. The van der Waals surface area contributed by atoms with Crippen LogP contribution in [0, 0.1) is 0 Å². The van der Waals surface area contributed by atoms with Gasteiger partial charge in [-0.05, 0) is 11.5 Å². The van der Waals surface area contributed by atoms with Gasteiger partial charge < -0.3 is 18.8 Å². The molecule has 0 saturated carbocycles. The Morgan fingerprint density at radius 2 is 2.09 bits per heavy atom. The molecule has 0 N–H and O–H groups in total. The first-order valence-electron chi connectivity index (χ1n) is 7.54. The van der Waals surface area contributed by atoms with Gasteiger partial charge >= 0.3 is 0 Å². The van der Waals surface area contributed by atoms with Crippen LogP contribution in [0.2, 0.25) is 0 Å². The standard InChI is InChI=1S/C17H17N3O3/c1-21-17-13-5-3-2-4-12(13)6-7-14(17)23-11-16-19-18-15-10-22-9-8-20(15)16/h2-7H,8-11H2,1H3. The lowest BCUT2D eigenvalue weighted by Gasteiger charge is -2.16. The monoisotopic (exact) mass is 311 g/mol. The number of methoxy groups -OCH3 is 1. The van der Waals surface area contributed by atoms with Crippen molar-refractivity contribution in [1.82, 2.24) is 14.8 Å². The van der Waals surface area contributed by atoms with Crippen molar-refractivity contribution >= 4 is 10.8 Å². The minimum Gasteiger partial charge on any atom is -0.492 e. The summed E-state index contributed by atoms with van der Waals surface area (Å²) < 4.78 is 18.9. The van der Waals surface area contributed by atoms with Crippen molar-refractivity contribution in [3.8, 4) is 11.5 Å². The average Bonchev–Trinajstić information content (AvgIpc) is 3.02. The van der Waals surface area contributed by atoms with Crippen LogP contribution in [0.3, 0.4) is 0 Å². The molecule has 118 valence electrons. The Labute approximate surface area is 133 Å². The highest BCUT2D eigenvalue weighted by atomic mass is 16.5. The minimum absolute atomic E-state index is 0.349.